The summed E-state index contributed by atoms with van der Waals surface area (Å²) in [5, 5.41) is 21.6. The summed E-state index contributed by atoms with van der Waals surface area (Å²) in [4.78, 5) is 18.0. The number of rotatable bonds is 7. The van der Waals surface area contributed by atoms with Gasteiger partial charge in [0.05, 0.1) is 17.5 Å². The molecule has 2 aromatic carbocycles. The summed E-state index contributed by atoms with van der Waals surface area (Å²) in [6.45, 7) is 2.18. The number of nitrogens with one attached hydrogen (secondary N) is 1. The van der Waals surface area contributed by atoms with Crippen LogP contribution in [0.15, 0.2) is 46.5 Å². The zero-order valence-electron chi connectivity index (χ0n) is 18.0. The molecule has 2 N–H and O–H groups in total. The Morgan fingerprint density at radius 1 is 1.25 bits per heavy atom. The van der Waals surface area contributed by atoms with Gasteiger partial charge < -0.3 is 9.84 Å². The maximum absolute atomic E-state index is 13.1. The first-order valence-electron chi connectivity index (χ1n) is 10.6. The number of halogens is 1. The molecule has 9 heteroatoms. The maximum Gasteiger partial charge on any atom is 0.276 e. The molecule has 2 aliphatic heterocycles. The van der Waals surface area contributed by atoms with Crippen molar-refractivity contribution in [2.24, 2.45) is 10.1 Å². The van der Waals surface area contributed by atoms with Gasteiger partial charge in [-0.15, -0.1) is 5.10 Å². The van der Waals surface area contributed by atoms with Gasteiger partial charge in [0, 0.05) is 16.5 Å². The summed E-state index contributed by atoms with van der Waals surface area (Å²) in [6, 6.07) is 10.8. The van der Waals surface area contributed by atoms with E-state index in [2.05, 4.69) is 12.2 Å². The Morgan fingerprint density at radius 3 is 2.84 bits per heavy atom. The molecule has 4 rings (SSSR count). The van der Waals surface area contributed by atoms with Crippen molar-refractivity contribution >= 4 is 40.1 Å². The van der Waals surface area contributed by atoms with E-state index in [0.717, 1.165) is 18.6 Å². The molecule has 0 aromatic heterocycles. The molecule has 2 heterocycles. The summed E-state index contributed by atoms with van der Waals surface area (Å²) < 4.78 is 5.27. The molecule has 2 aromatic rings. The predicted molar refractivity (Wildman–Crippen MR) is 127 cm³/mol. The van der Waals surface area contributed by atoms with Crippen molar-refractivity contribution in [3.05, 3.63) is 57.6 Å². The van der Waals surface area contributed by atoms with Crippen LogP contribution < -0.4 is 20.6 Å². The van der Waals surface area contributed by atoms with Crippen LogP contribution in [0.3, 0.4) is 0 Å². The standard InChI is InChI=1S/C23H25ClN4O3S/c1-3-4-5-8-11-32-23-26-22(30)19-15-9-6-7-10-17(15)25-21(28(19)27-23)14-12-16(24)20(29)18(13-14)31-2/h6-7,9-10,12-13,21,29H,3-5,8,11H2,1-2H3,(H,26,27,30). The van der Waals surface area contributed by atoms with Crippen LogP contribution in [0.5, 0.6) is 11.5 Å². The van der Waals surface area contributed by atoms with Crippen molar-refractivity contribution in [3.63, 3.8) is 0 Å². The highest BCUT2D eigenvalue weighted by atomic mass is 35.5. The van der Waals surface area contributed by atoms with Gasteiger partial charge in [0.15, 0.2) is 22.8 Å². The molecule has 1 unspecified atom stereocenters. The van der Waals surface area contributed by atoms with Crippen LogP contribution in [0.1, 0.15) is 44.3 Å². The number of carbonyl (C=O) groups is 1. The highest BCUT2D eigenvalue weighted by Crippen LogP contribution is 2.40. The molecule has 1 atom stereocenters. The van der Waals surface area contributed by atoms with Gasteiger partial charge in [-0.2, -0.15) is 0 Å². The summed E-state index contributed by atoms with van der Waals surface area (Å²) in [5.41, 5.74) is 1.08. The van der Waals surface area contributed by atoms with Crippen molar-refractivity contribution in [1.29, 1.82) is 0 Å². The number of para-hydroxylation sites is 1. The Hall–Kier alpha value is -2.71. The molecule has 32 heavy (non-hydrogen) atoms. The van der Waals surface area contributed by atoms with Crippen molar-refractivity contribution in [1.82, 2.24) is 10.3 Å². The molecule has 0 fully saturated rings. The van der Waals surface area contributed by atoms with Gasteiger partial charge in [-0.05, 0) is 24.6 Å². The number of phenols is 1. The number of hydrazone groups is 1. The van der Waals surface area contributed by atoms with E-state index in [1.807, 2.05) is 24.3 Å². The number of amides is 1. The third-order valence-corrected chi connectivity index (χ3v) is 6.56. The van der Waals surface area contributed by atoms with Crippen molar-refractivity contribution in [3.8, 4) is 11.5 Å². The molecule has 2 aliphatic rings. The van der Waals surface area contributed by atoms with Crippen LogP contribution in [0.2, 0.25) is 5.02 Å². The molecule has 0 saturated heterocycles. The van der Waals surface area contributed by atoms with E-state index >= 15 is 0 Å². The van der Waals surface area contributed by atoms with Gasteiger partial charge >= 0.3 is 0 Å². The van der Waals surface area contributed by atoms with Crippen LogP contribution in [-0.2, 0) is 4.79 Å². The smallest absolute Gasteiger partial charge is 0.276 e. The lowest BCUT2D eigenvalue weighted by Gasteiger charge is -2.34. The number of carbonyl (C=O) groups excluding carboxylic acids is 1. The fourth-order valence-corrected chi connectivity index (χ4v) is 4.78. The molecule has 0 aliphatic carbocycles. The lowest BCUT2D eigenvalue weighted by molar-refractivity contribution is -0.116. The fraction of sp³-hybridized carbons (Fsp3) is 0.348. The molecule has 1 amide bonds. The average molecular weight is 473 g/mol. The van der Waals surface area contributed by atoms with Gasteiger partial charge in [0.25, 0.3) is 5.91 Å². The number of hydrogen-bond donors (Lipinski definition) is 2. The average Bonchev–Trinajstić information content (AvgIpc) is 2.80. The SMILES string of the molecule is CCCCCCSC1=NN2C(=c3ccccc3=NC2c2cc(Cl)c(O)c(OC)c2)C(=O)N1. The number of phenolic OH excluding ortho intramolecular Hbond substituents is 1. The number of methoxy groups -OCH3 is 1. The highest BCUT2D eigenvalue weighted by molar-refractivity contribution is 8.13. The number of benzene rings is 2. The van der Waals surface area contributed by atoms with E-state index in [1.165, 1.54) is 31.7 Å². The molecule has 168 valence electrons. The van der Waals surface area contributed by atoms with E-state index in [4.69, 9.17) is 26.4 Å². The molecule has 0 saturated carbocycles. The maximum atomic E-state index is 13.1. The fourth-order valence-electron chi connectivity index (χ4n) is 3.71. The van der Waals surface area contributed by atoms with E-state index in [-0.39, 0.29) is 22.4 Å². The van der Waals surface area contributed by atoms with Crippen LogP contribution in [0, 0.1) is 0 Å². The first-order valence-corrected chi connectivity index (χ1v) is 12.0. The second kappa shape index (κ2) is 9.83. The largest absolute Gasteiger partial charge is 0.503 e. The minimum atomic E-state index is -0.631. The number of fused-ring (bicyclic) bond motifs is 2. The Kier molecular flexibility index (Phi) is 6.91. The van der Waals surface area contributed by atoms with Gasteiger partial charge in [0.2, 0.25) is 0 Å². The third-order valence-electron chi connectivity index (χ3n) is 5.32. The monoisotopic (exact) mass is 472 g/mol. The number of aromatic hydroxyl groups is 1. The molecular formula is C23H25ClN4O3S. The molecule has 0 spiro atoms. The zero-order valence-corrected chi connectivity index (χ0v) is 19.5. The Labute approximate surface area is 195 Å². The highest BCUT2D eigenvalue weighted by Gasteiger charge is 2.35. The minimum Gasteiger partial charge on any atom is -0.503 e. The first-order chi connectivity index (χ1) is 15.5. The quantitative estimate of drug-likeness (QED) is 0.602. The number of hydrogen-bond acceptors (Lipinski definition) is 7. The van der Waals surface area contributed by atoms with Crippen molar-refractivity contribution < 1.29 is 14.6 Å². The molecule has 0 bridgehead atoms. The number of thioether (sulfide) groups is 1. The molecular weight excluding hydrogens is 448 g/mol. The number of unbranched alkanes of at least 4 members (excludes halogenated alkanes) is 3. The molecule has 7 nitrogen and oxygen atoms in total. The summed E-state index contributed by atoms with van der Waals surface area (Å²) >= 11 is 7.77. The van der Waals surface area contributed by atoms with Crippen molar-refractivity contribution in [2.75, 3.05) is 12.9 Å². The lowest BCUT2D eigenvalue weighted by atomic mass is 10.1. The molecule has 0 radical (unpaired) electrons. The number of nitrogens with zero attached hydrogens (tertiary/aromatic N) is 3. The number of amidine groups is 1. The van der Waals surface area contributed by atoms with Crippen LogP contribution in [-0.4, -0.2) is 34.1 Å². The van der Waals surface area contributed by atoms with E-state index < -0.39 is 6.17 Å². The predicted octanol–water partition coefficient (Wildman–Crippen LogP) is 3.51. The Morgan fingerprint density at radius 2 is 2.06 bits per heavy atom. The first kappa shape index (κ1) is 22.5. The third kappa shape index (κ3) is 4.42. The second-order valence-electron chi connectivity index (χ2n) is 7.54. The van der Waals surface area contributed by atoms with Gasteiger partial charge in [0.1, 0.15) is 5.70 Å². The van der Waals surface area contributed by atoms with Crippen LogP contribution in [0.25, 0.3) is 5.70 Å². The summed E-state index contributed by atoms with van der Waals surface area (Å²) in [7, 11) is 1.46. The van der Waals surface area contributed by atoms with E-state index in [9.17, 15) is 9.90 Å². The topological polar surface area (TPSA) is 86.5 Å². The second-order valence-corrected chi connectivity index (χ2v) is 9.03. The Bertz CT molecular complexity index is 1180. The number of ether oxygens (including phenoxy) is 1. The summed E-state index contributed by atoms with van der Waals surface area (Å²) in [6.07, 6.45) is 3.96. The minimum absolute atomic E-state index is 0.137. The normalized spacial score (nSPS) is 17.2. The van der Waals surface area contributed by atoms with Gasteiger partial charge in [-0.3, -0.25) is 15.1 Å². The zero-order chi connectivity index (χ0) is 22.7. The van der Waals surface area contributed by atoms with E-state index in [1.54, 1.807) is 17.1 Å². The van der Waals surface area contributed by atoms with Gasteiger partial charge in [-0.25, -0.2) is 5.01 Å². The summed E-state index contributed by atoms with van der Waals surface area (Å²) in [5.74, 6) is 0.750. The van der Waals surface area contributed by atoms with Crippen molar-refractivity contribution in [2.45, 2.75) is 38.8 Å². The van der Waals surface area contributed by atoms with Crippen LogP contribution >= 0.6 is 23.4 Å². The van der Waals surface area contributed by atoms with Gasteiger partial charge in [-0.1, -0.05) is 67.7 Å². The lowest BCUT2D eigenvalue weighted by Crippen LogP contribution is -2.50. The van der Waals surface area contributed by atoms with Crippen LogP contribution in [0.4, 0.5) is 0 Å². The van der Waals surface area contributed by atoms with E-state index in [0.29, 0.717) is 27.0 Å². The Balaban J connectivity index is 1.76.